The molecular formula is C9H6N2O3. The SMILES string of the molecule is O=[N+]([O-])c1cc2ccc1=2.c1cnoc1. The van der Waals surface area contributed by atoms with E-state index >= 15 is 0 Å². The Kier molecular flexibility index (Phi) is 1.98. The molecule has 0 bridgehead atoms. The second-order valence-corrected chi connectivity index (χ2v) is 2.68. The summed E-state index contributed by atoms with van der Waals surface area (Å²) in [5, 5.41) is 15.2. The van der Waals surface area contributed by atoms with Gasteiger partial charge in [-0.1, -0.05) is 11.2 Å². The summed E-state index contributed by atoms with van der Waals surface area (Å²) in [7, 11) is 0. The van der Waals surface area contributed by atoms with Crippen LogP contribution in [0.4, 0.5) is 5.69 Å². The standard InChI is InChI=1S/C6H3NO2.C3H3NO/c8-7(9)6-3-4-1-2-5(4)6;1-2-4-5-3-1/h1-3H;1-3H. The molecule has 5 heteroatoms. The molecule has 0 aromatic carbocycles. The molecule has 1 aromatic rings. The van der Waals surface area contributed by atoms with E-state index in [1.807, 2.05) is 6.07 Å². The molecule has 2 aliphatic rings. The molecule has 1 aromatic heterocycles. The van der Waals surface area contributed by atoms with Crippen molar-refractivity contribution in [3.8, 4) is 0 Å². The van der Waals surface area contributed by atoms with Crippen LogP contribution >= 0.6 is 0 Å². The number of hydrogen-bond acceptors (Lipinski definition) is 4. The van der Waals surface area contributed by atoms with Crippen molar-refractivity contribution < 1.29 is 9.45 Å². The minimum Gasteiger partial charge on any atom is -0.365 e. The van der Waals surface area contributed by atoms with E-state index in [-0.39, 0.29) is 10.6 Å². The van der Waals surface area contributed by atoms with Gasteiger partial charge in [0.15, 0.2) is 0 Å². The Morgan fingerprint density at radius 1 is 1.43 bits per heavy atom. The maximum absolute atomic E-state index is 10.0. The third-order valence-corrected chi connectivity index (χ3v) is 1.85. The molecule has 0 atom stereocenters. The van der Waals surface area contributed by atoms with Crippen molar-refractivity contribution in [2.24, 2.45) is 0 Å². The third-order valence-electron chi connectivity index (χ3n) is 1.85. The Morgan fingerprint density at radius 3 is 2.43 bits per heavy atom. The minimum absolute atomic E-state index is 0.257. The lowest BCUT2D eigenvalue weighted by atomic mass is 10.1. The van der Waals surface area contributed by atoms with Crippen LogP contribution < -0.4 is 0 Å². The molecule has 5 nitrogen and oxygen atoms in total. The number of rotatable bonds is 1. The van der Waals surface area contributed by atoms with E-state index in [0.717, 1.165) is 10.4 Å². The highest BCUT2D eigenvalue weighted by atomic mass is 16.6. The van der Waals surface area contributed by atoms with Crippen molar-refractivity contribution >= 4 is 5.69 Å². The van der Waals surface area contributed by atoms with Crippen molar-refractivity contribution in [2.45, 2.75) is 0 Å². The van der Waals surface area contributed by atoms with Gasteiger partial charge in [-0.3, -0.25) is 10.1 Å². The lowest BCUT2D eigenvalue weighted by Gasteiger charge is -2.01. The maximum Gasteiger partial charge on any atom is 0.277 e. The normalized spacial score (nSPS) is 10.0. The predicted molar refractivity (Wildman–Crippen MR) is 47.3 cm³/mol. The first-order chi connectivity index (χ1) is 6.79. The molecule has 0 saturated heterocycles. The Balaban J connectivity index is 0.000000128. The van der Waals surface area contributed by atoms with Gasteiger partial charge in [-0.15, -0.1) is 0 Å². The molecule has 70 valence electrons. The lowest BCUT2D eigenvalue weighted by molar-refractivity contribution is -0.386. The van der Waals surface area contributed by atoms with E-state index in [2.05, 4.69) is 9.68 Å². The van der Waals surface area contributed by atoms with E-state index in [1.54, 1.807) is 24.4 Å². The van der Waals surface area contributed by atoms with E-state index in [1.165, 1.54) is 6.26 Å². The summed E-state index contributed by atoms with van der Waals surface area (Å²) >= 11 is 0. The van der Waals surface area contributed by atoms with Crippen LogP contribution in [0, 0.1) is 20.6 Å². The van der Waals surface area contributed by atoms with Gasteiger partial charge in [-0.25, -0.2) is 0 Å². The van der Waals surface area contributed by atoms with Gasteiger partial charge in [0.05, 0.1) is 16.3 Å². The zero-order valence-corrected chi connectivity index (χ0v) is 7.08. The highest BCUT2D eigenvalue weighted by Crippen LogP contribution is 2.22. The zero-order valence-electron chi connectivity index (χ0n) is 7.08. The van der Waals surface area contributed by atoms with Gasteiger partial charge >= 0.3 is 0 Å². The second kappa shape index (κ2) is 3.29. The average molecular weight is 190 g/mol. The molecule has 2 aliphatic carbocycles. The van der Waals surface area contributed by atoms with Crippen LogP contribution in [0.5, 0.6) is 0 Å². The molecule has 0 radical (unpaired) electrons. The van der Waals surface area contributed by atoms with Gasteiger partial charge in [0, 0.05) is 6.07 Å². The number of non-ortho nitro benzene ring substituents is 1. The first kappa shape index (κ1) is 8.43. The predicted octanol–water partition coefficient (Wildman–Crippen LogP) is 1.87. The Labute approximate surface area is 78.4 Å². The van der Waals surface area contributed by atoms with Gasteiger partial charge in [0.1, 0.15) is 6.26 Å². The first-order valence-corrected chi connectivity index (χ1v) is 3.92. The largest absolute Gasteiger partial charge is 0.365 e. The van der Waals surface area contributed by atoms with Crippen LogP contribution in [-0.2, 0) is 0 Å². The fourth-order valence-electron chi connectivity index (χ4n) is 1.10. The molecule has 0 spiro atoms. The van der Waals surface area contributed by atoms with Crippen molar-refractivity contribution in [3.63, 3.8) is 0 Å². The van der Waals surface area contributed by atoms with Crippen molar-refractivity contribution in [1.29, 1.82) is 0 Å². The number of aromatic nitrogens is 1. The first-order valence-electron chi connectivity index (χ1n) is 3.92. The van der Waals surface area contributed by atoms with Gasteiger partial charge < -0.3 is 4.52 Å². The maximum atomic E-state index is 10.0. The Bertz CT molecular complexity index is 516. The molecular weight excluding hydrogens is 184 g/mol. The topological polar surface area (TPSA) is 69.2 Å². The number of nitrogens with zero attached hydrogens (tertiary/aromatic N) is 2. The molecule has 3 rings (SSSR count). The number of nitro benzene ring substituents is 1. The fraction of sp³-hybridized carbons (Fsp3) is 0. The summed E-state index contributed by atoms with van der Waals surface area (Å²) < 4.78 is 4.33. The number of benzene rings is 1. The number of hydrogen-bond donors (Lipinski definition) is 0. The smallest absolute Gasteiger partial charge is 0.277 e. The van der Waals surface area contributed by atoms with E-state index in [9.17, 15) is 10.1 Å². The number of nitro groups is 1. The summed E-state index contributed by atoms with van der Waals surface area (Å²) in [6.45, 7) is 0. The molecule has 0 N–H and O–H groups in total. The fourth-order valence-corrected chi connectivity index (χ4v) is 1.10. The molecule has 0 aliphatic heterocycles. The Morgan fingerprint density at radius 2 is 2.29 bits per heavy atom. The van der Waals surface area contributed by atoms with Crippen LogP contribution in [0.25, 0.3) is 0 Å². The second-order valence-electron chi connectivity index (χ2n) is 2.68. The van der Waals surface area contributed by atoms with Gasteiger partial charge in [-0.05, 0) is 17.4 Å². The van der Waals surface area contributed by atoms with Crippen LogP contribution in [0.3, 0.4) is 0 Å². The summed E-state index contributed by atoms with van der Waals surface area (Å²) in [5.74, 6) is 0. The summed E-state index contributed by atoms with van der Waals surface area (Å²) in [5.41, 5.74) is 0.257. The zero-order chi connectivity index (χ0) is 9.97. The minimum atomic E-state index is -0.359. The monoisotopic (exact) mass is 190 g/mol. The highest BCUT2D eigenvalue weighted by Gasteiger charge is 2.14. The molecule has 0 unspecified atom stereocenters. The van der Waals surface area contributed by atoms with Crippen LogP contribution in [0.15, 0.2) is 41.2 Å². The average Bonchev–Trinajstić information content (AvgIpc) is 2.67. The van der Waals surface area contributed by atoms with Crippen molar-refractivity contribution in [1.82, 2.24) is 5.16 Å². The molecule has 0 fully saturated rings. The molecule has 0 saturated carbocycles. The van der Waals surface area contributed by atoms with Crippen molar-refractivity contribution in [3.05, 3.63) is 57.3 Å². The van der Waals surface area contributed by atoms with Gasteiger partial charge in [0.25, 0.3) is 5.69 Å². The van der Waals surface area contributed by atoms with Gasteiger partial charge in [-0.2, -0.15) is 0 Å². The van der Waals surface area contributed by atoms with Crippen LogP contribution in [-0.4, -0.2) is 10.1 Å². The van der Waals surface area contributed by atoms with Crippen LogP contribution in [0.2, 0.25) is 0 Å². The quantitative estimate of drug-likeness (QED) is 0.433. The van der Waals surface area contributed by atoms with Crippen molar-refractivity contribution in [2.75, 3.05) is 0 Å². The molecule has 14 heavy (non-hydrogen) atoms. The van der Waals surface area contributed by atoms with E-state index in [4.69, 9.17) is 0 Å². The molecule has 0 amide bonds. The van der Waals surface area contributed by atoms with Gasteiger partial charge in [0.2, 0.25) is 0 Å². The Hall–Kier alpha value is -2.17. The summed E-state index contributed by atoms with van der Waals surface area (Å²) in [6, 6.07) is 6.92. The third kappa shape index (κ3) is 1.35. The highest BCUT2D eigenvalue weighted by molar-refractivity contribution is 5.44. The summed E-state index contributed by atoms with van der Waals surface area (Å²) in [4.78, 5) is 9.68. The molecule has 1 heterocycles. The van der Waals surface area contributed by atoms with E-state index in [0.29, 0.717) is 0 Å². The van der Waals surface area contributed by atoms with E-state index < -0.39 is 0 Å². The summed E-state index contributed by atoms with van der Waals surface area (Å²) in [6.07, 6.45) is 3.10. The lowest BCUT2D eigenvalue weighted by Crippen LogP contribution is -1.96. The van der Waals surface area contributed by atoms with Crippen LogP contribution in [0.1, 0.15) is 0 Å².